The second kappa shape index (κ2) is 9.97. The van der Waals surface area contributed by atoms with Crippen molar-refractivity contribution >= 4 is 29.3 Å². The van der Waals surface area contributed by atoms with Crippen molar-refractivity contribution in [3.05, 3.63) is 70.6 Å². The van der Waals surface area contributed by atoms with Crippen molar-refractivity contribution in [2.24, 2.45) is 0 Å². The van der Waals surface area contributed by atoms with Gasteiger partial charge in [0.1, 0.15) is 0 Å². The van der Waals surface area contributed by atoms with Crippen molar-refractivity contribution in [1.29, 1.82) is 0 Å². The Morgan fingerprint density at radius 3 is 2.26 bits per heavy atom. The number of carbonyl (C=O) groups excluding carboxylic acids is 3. The van der Waals surface area contributed by atoms with Crippen LogP contribution < -0.4 is 0 Å². The van der Waals surface area contributed by atoms with E-state index >= 15 is 0 Å². The average molecular weight is 494 g/mol. The predicted octanol–water partition coefficient (Wildman–Crippen LogP) is 3.11. The Morgan fingerprint density at radius 1 is 0.943 bits per heavy atom. The zero-order valence-electron chi connectivity index (χ0n) is 19.0. The molecule has 0 aliphatic carbocycles. The van der Waals surface area contributed by atoms with Crippen LogP contribution in [-0.4, -0.2) is 75.3 Å². The lowest BCUT2D eigenvalue weighted by molar-refractivity contribution is -0.133. The Balaban J connectivity index is 1.06. The van der Waals surface area contributed by atoms with Crippen molar-refractivity contribution in [2.45, 2.75) is 19.4 Å². The second-order valence-corrected chi connectivity index (χ2v) is 9.02. The first-order chi connectivity index (χ1) is 17.0. The molecule has 1 fully saturated rings. The normalized spacial score (nSPS) is 16.1. The lowest BCUT2D eigenvalue weighted by Gasteiger charge is -2.34. The standard InChI is InChI=1S/C25H24ClN5O4/c26-18-9-7-17(8-10-18)23-27-21(35-28-23)16-29-12-14-30(15-13-29)22(32)6-3-11-31-24(33)19-4-1-2-5-20(19)25(31)34/h1-2,4-5,7-10H,3,6,11-16H2. The van der Waals surface area contributed by atoms with Crippen LogP contribution in [0.3, 0.4) is 0 Å². The van der Waals surface area contributed by atoms with Crippen LogP contribution >= 0.6 is 11.6 Å². The fraction of sp³-hybridized carbons (Fsp3) is 0.320. The molecule has 10 heteroatoms. The summed E-state index contributed by atoms with van der Waals surface area (Å²) in [7, 11) is 0. The third-order valence-electron chi connectivity index (χ3n) is 6.30. The van der Waals surface area contributed by atoms with Crippen LogP contribution in [0, 0.1) is 0 Å². The summed E-state index contributed by atoms with van der Waals surface area (Å²) in [6, 6.07) is 14.1. The summed E-state index contributed by atoms with van der Waals surface area (Å²) in [4.78, 5) is 47.3. The van der Waals surface area contributed by atoms with E-state index in [0.29, 0.717) is 73.4 Å². The van der Waals surface area contributed by atoms with Crippen LogP contribution in [0.2, 0.25) is 5.02 Å². The number of amides is 3. The number of imide groups is 1. The van der Waals surface area contributed by atoms with Crippen LogP contribution in [0.25, 0.3) is 11.4 Å². The van der Waals surface area contributed by atoms with Gasteiger partial charge in [0.25, 0.3) is 11.8 Å². The van der Waals surface area contributed by atoms with Gasteiger partial charge in [-0.05, 0) is 42.8 Å². The first-order valence-corrected chi connectivity index (χ1v) is 11.9. The van der Waals surface area contributed by atoms with Gasteiger partial charge in [-0.3, -0.25) is 24.2 Å². The number of nitrogens with zero attached hydrogens (tertiary/aromatic N) is 5. The Bertz CT molecular complexity index is 1220. The molecule has 0 bridgehead atoms. The minimum Gasteiger partial charge on any atom is -0.340 e. The van der Waals surface area contributed by atoms with Gasteiger partial charge < -0.3 is 9.42 Å². The number of hydrogen-bond acceptors (Lipinski definition) is 7. The fourth-order valence-electron chi connectivity index (χ4n) is 4.37. The van der Waals surface area contributed by atoms with Gasteiger partial charge in [-0.1, -0.05) is 28.9 Å². The van der Waals surface area contributed by atoms with Crippen molar-refractivity contribution < 1.29 is 18.9 Å². The molecule has 0 saturated carbocycles. The topological polar surface area (TPSA) is 99.9 Å². The summed E-state index contributed by atoms with van der Waals surface area (Å²) in [5, 5.41) is 4.69. The molecule has 180 valence electrons. The lowest BCUT2D eigenvalue weighted by Crippen LogP contribution is -2.48. The largest absolute Gasteiger partial charge is 0.340 e. The van der Waals surface area contributed by atoms with Gasteiger partial charge in [-0.25, -0.2) is 0 Å². The molecule has 1 aromatic heterocycles. The van der Waals surface area contributed by atoms with E-state index in [1.165, 1.54) is 4.90 Å². The molecule has 3 amide bonds. The maximum Gasteiger partial charge on any atom is 0.261 e. The molecule has 2 aliphatic rings. The Labute approximate surface area is 207 Å². The van der Waals surface area contributed by atoms with Gasteiger partial charge in [-0.2, -0.15) is 4.98 Å². The SMILES string of the molecule is O=C(CCCN1C(=O)c2ccccc2C1=O)N1CCN(Cc2nc(-c3ccc(Cl)cc3)no2)CC1. The van der Waals surface area contributed by atoms with Crippen LogP contribution in [0.4, 0.5) is 0 Å². The van der Waals surface area contributed by atoms with Gasteiger partial charge in [0, 0.05) is 49.7 Å². The number of fused-ring (bicyclic) bond motifs is 1. The molecular weight excluding hydrogens is 470 g/mol. The molecule has 9 nitrogen and oxygen atoms in total. The van der Waals surface area contributed by atoms with Crippen LogP contribution in [-0.2, 0) is 11.3 Å². The molecule has 2 aliphatic heterocycles. The lowest BCUT2D eigenvalue weighted by atomic mass is 10.1. The van der Waals surface area contributed by atoms with Gasteiger partial charge in [0.2, 0.25) is 17.6 Å². The van der Waals surface area contributed by atoms with E-state index in [1.807, 2.05) is 17.0 Å². The smallest absolute Gasteiger partial charge is 0.261 e. The molecule has 0 spiro atoms. The van der Waals surface area contributed by atoms with Crippen molar-refractivity contribution in [3.63, 3.8) is 0 Å². The van der Waals surface area contributed by atoms with Crippen molar-refractivity contribution in [1.82, 2.24) is 24.8 Å². The maximum atomic E-state index is 12.7. The van der Waals surface area contributed by atoms with Crippen molar-refractivity contribution in [3.8, 4) is 11.4 Å². The molecular formula is C25H24ClN5O4. The highest BCUT2D eigenvalue weighted by Crippen LogP contribution is 2.23. The Hall–Kier alpha value is -3.56. The van der Waals surface area contributed by atoms with Gasteiger partial charge >= 0.3 is 0 Å². The maximum absolute atomic E-state index is 12.7. The molecule has 2 aromatic carbocycles. The summed E-state index contributed by atoms with van der Waals surface area (Å²) >= 11 is 5.93. The molecule has 35 heavy (non-hydrogen) atoms. The highest BCUT2D eigenvalue weighted by molar-refractivity contribution is 6.30. The summed E-state index contributed by atoms with van der Waals surface area (Å²) in [5.41, 5.74) is 1.70. The summed E-state index contributed by atoms with van der Waals surface area (Å²) in [6.07, 6.45) is 0.738. The predicted molar refractivity (Wildman–Crippen MR) is 128 cm³/mol. The van der Waals surface area contributed by atoms with Crippen LogP contribution in [0.5, 0.6) is 0 Å². The molecule has 5 rings (SSSR count). The first-order valence-electron chi connectivity index (χ1n) is 11.5. The number of carbonyl (C=O) groups is 3. The van der Waals surface area contributed by atoms with Crippen LogP contribution in [0.1, 0.15) is 39.4 Å². The van der Waals surface area contributed by atoms with Crippen molar-refractivity contribution in [2.75, 3.05) is 32.7 Å². The summed E-state index contributed by atoms with van der Waals surface area (Å²) < 4.78 is 5.39. The molecule has 0 atom stereocenters. The first kappa shape index (κ1) is 23.2. The zero-order valence-corrected chi connectivity index (χ0v) is 19.8. The highest BCUT2D eigenvalue weighted by Gasteiger charge is 2.34. The highest BCUT2D eigenvalue weighted by atomic mass is 35.5. The number of benzene rings is 2. The quantitative estimate of drug-likeness (QED) is 0.466. The second-order valence-electron chi connectivity index (χ2n) is 8.59. The molecule has 3 heterocycles. The number of rotatable bonds is 7. The van der Waals surface area contributed by atoms with E-state index in [0.717, 1.165) is 5.56 Å². The molecule has 0 radical (unpaired) electrons. The van der Waals surface area contributed by atoms with E-state index in [2.05, 4.69) is 15.0 Å². The molecule has 0 N–H and O–H groups in total. The third-order valence-corrected chi connectivity index (χ3v) is 6.56. The van der Waals surface area contributed by atoms with Gasteiger partial charge in [-0.15, -0.1) is 0 Å². The van der Waals surface area contributed by atoms with E-state index in [4.69, 9.17) is 16.1 Å². The van der Waals surface area contributed by atoms with E-state index < -0.39 is 0 Å². The Morgan fingerprint density at radius 2 is 1.60 bits per heavy atom. The Kier molecular flexibility index (Phi) is 6.61. The van der Waals surface area contributed by atoms with E-state index in [9.17, 15) is 14.4 Å². The summed E-state index contributed by atoms with van der Waals surface area (Å²) in [5.74, 6) is 0.502. The number of piperazine rings is 1. The van der Waals surface area contributed by atoms with Gasteiger partial charge in [0.05, 0.1) is 17.7 Å². The molecule has 3 aromatic rings. The number of hydrogen-bond donors (Lipinski definition) is 0. The minimum absolute atomic E-state index is 0.0315. The average Bonchev–Trinajstić information content (AvgIpc) is 3.43. The van der Waals surface area contributed by atoms with Crippen LogP contribution in [0.15, 0.2) is 53.1 Å². The fourth-order valence-corrected chi connectivity index (χ4v) is 4.50. The number of aromatic nitrogens is 2. The van der Waals surface area contributed by atoms with Gasteiger partial charge in [0.15, 0.2) is 0 Å². The minimum atomic E-state index is -0.285. The monoisotopic (exact) mass is 493 g/mol. The molecule has 1 saturated heterocycles. The molecule has 0 unspecified atom stereocenters. The summed E-state index contributed by atoms with van der Waals surface area (Å²) in [6.45, 7) is 3.35. The zero-order chi connectivity index (χ0) is 24.4. The third kappa shape index (κ3) is 4.96. The van der Waals surface area contributed by atoms with E-state index in [-0.39, 0.29) is 24.3 Å². The number of halogens is 1. The van der Waals surface area contributed by atoms with E-state index in [1.54, 1.807) is 36.4 Å².